The van der Waals surface area contributed by atoms with Crippen molar-refractivity contribution in [2.24, 2.45) is 0 Å². The molecule has 1 aromatic carbocycles. The van der Waals surface area contributed by atoms with Crippen LogP contribution < -0.4 is 0 Å². The molecule has 0 fully saturated rings. The highest BCUT2D eigenvalue weighted by Crippen LogP contribution is 2.28. The van der Waals surface area contributed by atoms with Gasteiger partial charge in [-0.3, -0.25) is 4.79 Å². The number of benzene rings is 1. The van der Waals surface area contributed by atoms with Gasteiger partial charge in [-0.15, -0.1) is 11.3 Å². The van der Waals surface area contributed by atoms with Crippen LogP contribution in [0.25, 0.3) is 16.7 Å². The van der Waals surface area contributed by atoms with Crippen LogP contribution in [-0.2, 0) is 17.8 Å². The number of carbonyl (C=O) groups excluding carboxylic acids is 1. The van der Waals surface area contributed by atoms with E-state index in [4.69, 9.17) is 0 Å². The fraction of sp³-hybridized carbons (Fsp3) is 0.200. The molecule has 1 aliphatic heterocycles. The molecule has 0 bridgehead atoms. The zero-order valence-corrected chi connectivity index (χ0v) is 16.6. The van der Waals surface area contributed by atoms with E-state index in [1.807, 2.05) is 35.2 Å². The molecule has 140 valence electrons. The van der Waals surface area contributed by atoms with E-state index >= 15 is 0 Å². The van der Waals surface area contributed by atoms with E-state index in [2.05, 4.69) is 26.5 Å². The summed E-state index contributed by atoms with van der Waals surface area (Å²) >= 11 is 3.23. The Bertz CT molecular complexity index is 1140. The number of hydrogen-bond donors (Lipinski definition) is 0. The lowest BCUT2D eigenvalue weighted by atomic mass is 10.1. The Morgan fingerprint density at radius 3 is 2.96 bits per heavy atom. The summed E-state index contributed by atoms with van der Waals surface area (Å²) in [4.78, 5) is 24.8. The van der Waals surface area contributed by atoms with Gasteiger partial charge in [-0.2, -0.15) is 5.10 Å². The Balaban J connectivity index is 1.33. The minimum Gasteiger partial charge on any atom is -0.337 e. The second kappa shape index (κ2) is 7.37. The molecule has 28 heavy (non-hydrogen) atoms. The van der Waals surface area contributed by atoms with Gasteiger partial charge < -0.3 is 4.90 Å². The molecule has 4 aromatic rings. The molecular weight excluding hydrogens is 390 g/mol. The fourth-order valence-electron chi connectivity index (χ4n) is 3.38. The summed E-state index contributed by atoms with van der Waals surface area (Å²) in [5.41, 5.74) is 2.98. The van der Waals surface area contributed by atoms with Crippen molar-refractivity contribution in [3.63, 3.8) is 0 Å². The van der Waals surface area contributed by atoms with Gasteiger partial charge in [0.2, 0.25) is 5.91 Å². The molecule has 3 aromatic heterocycles. The maximum atomic E-state index is 12.7. The average Bonchev–Trinajstić information content (AvgIpc) is 3.39. The van der Waals surface area contributed by atoms with E-state index in [0.29, 0.717) is 12.3 Å². The SMILES string of the molecule is O=C(CSc1ncnc2c1cnn2-c1ccccc1)N1CCc2sccc2C1. The number of rotatable bonds is 4. The Morgan fingerprint density at radius 1 is 1.18 bits per heavy atom. The van der Waals surface area contributed by atoms with Crippen LogP contribution in [0.5, 0.6) is 0 Å². The highest BCUT2D eigenvalue weighted by molar-refractivity contribution is 8.00. The van der Waals surface area contributed by atoms with Crippen molar-refractivity contribution in [1.29, 1.82) is 0 Å². The number of nitrogens with zero attached hydrogens (tertiary/aromatic N) is 5. The van der Waals surface area contributed by atoms with Crippen molar-refractivity contribution in [1.82, 2.24) is 24.6 Å². The summed E-state index contributed by atoms with van der Waals surface area (Å²) in [6.45, 7) is 1.50. The van der Waals surface area contributed by atoms with Crippen LogP contribution in [0, 0.1) is 0 Å². The van der Waals surface area contributed by atoms with Crippen molar-refractivity contribution < 1.29 is 4.79 Å². The van der Waals surface area contributed by atoms with Gasteiger partial charge in [0.05, 0.1) is 23.0 Å². The van der Waals surface area contributed by atoms with E-state index in [0.717, 1.165) is 34.7 Å². The van der Waals surface area contributed by atoms with Gasteiger partial charge in [-0.05, 0) is 35.6 Å². The summed E-state index contributed by atoms with van der Waals surface area (Å²) in [5, 5.41) is 8.23. The molecule has 0 spiro atoms. The normalized spacial score (nSPS) is 13.6. The highest BCUT2D eigenvalue weighted by Gasteiger charge is 2.22. The molecule has 0 unspecified atom stereocenters. The van der Waals surface area contributed by atoms with Crippen LogP contribution in [0.1, 0.15) is 10.4 Å². The Labute approximate surface area is 170 Å². The summed E-state index contributed by atoms with van der Waals surface area (Å²) in [6.07, 6.45) is 4.26. The molecule has 0 N–H and O–H groups in total. The number of thiophene rings is 1. The first kappa shape index (κ1) is 17.4. The summed E-state index contributed by atoms with van der Waals surface area (Å²) < 4.78 is 1.80. The van der Waals surface area contributed by atoms with Crippen LogP contribution >= 0.6 is 23.1 Å². The Kier molecular flexibility index (Phi) is 4.58. The standard InChI is InChI=1S/C20H17N5OS2/c26-18(24-8-6-17-14(11-24)7-9-27-17)12-28-20-16-10-23-25(19(16)21-13-22-20)15-4-2-1-3-5-15/h1-5,7,9-10,13H,6,8,11-12H2. The van der Waals surface area contributed by atoms with Gasteiger partial charge in [0.15, 0.2) is 5.65 Å². The van der Waals surface area contributed by atoms with E-state index in [1.165, 1.54) is 28.5 Å². The zero-order valence-electron chi connectivity index (χ0n) is 15.0. The van der Waals surface area contributed by atoms with Crippen molar-refractivity contribution in [3.8, 4) is 5.69 Å². The Morgan fingerprint density at radius 2 is 2.07 bits per heavy atom. The largest absolute Gasteiger partial charge is 0.337 e. The quantitative estimate of drug-likeness (QED) is 0.382. The Hall–Kier alpha value is -2.71. The molecule has 0 aliphatic carbocycles. The van der Waals surface area contributed by atoms with Gasteiger partial charge in [-0.25, -0.2) is 14.6 Å². The molecule has 8 heteroatoms. The van der Waals surface area contributed by atoms with Crippen molar-refractivity contribution in [3.05, 3.63) is 64.7 Å². The van der Waals surface area contributed by atoms with Crippen LogP contribution in [0.3, 0.4) is 0 Å². The first-order valence-electron chi connectivity index (χ1n) is 8.99. The van der Waals surface area contributed by atoms with Gasteiger partial charge in [0.25, 0.3) is 0 Å². The molecule has 4 heterocycles. The number of fused-ring (bicyclic) bond motifs is 2. The maximum Gasteiger partial charge on any atom is 0.233 e. The van der Waals surface area contributed by atoms with Gasteiger partial charge in [0, 0.05) is 18.0 Å². The summed E-state index contributed by atoms with van der Waals surface area (Å²) in [5.74, 6) is 0.506. The predicted octanol–water partition coefficient (Wildman–Crippen LogP) is 3.55. The maximum absolute atomic E-state index is 12.7. The molecule has 5 rings (SSSR count). The third-order valence-corrected chi connectivity index (χ3v) is 6.84. The highest BCUT2D eigenvalue weighted by atomic mass is 32.2. The minimum atomic E-state index is 0.143. The van der Waals surface area contributed by atoms with Crippen LogP contribution in [0.4, 0.5) is 0 Å². The molecular formula is C20H17N5OS2. The van der Waals surface area contributed by atoms with Crippen LogP contribution in [-0.4, -0.2) is 42.9 Å². The molecule has 1 aliphatic rings. The molecule has 0 saturated heterocycles. The molecule has 0 saturated carbocycles. The number of amides is 1. The van der Waals surface area contributed by atoms with Crippen LogP contribution in [0.2, 0.25) is 0 Å². The number of hydrogen-bond acceptors (Lipinski definition) is 6. The van der Waals surface area contributed by atoms with E-state index in [1.54, 1.807) is 22.2 Å². The third kappa shape index (κ3) is 3.18. The lowest BCUT2D eigenvalue weighted by molar-refractivity contribution is -0.129. The number of aromatic nitrogens is 4. The lowest BCUT2D eigenvalue weighted by Gasteiger charge is -2.26. The smallest absolute Gasteiger partial charge is 0.233 e. The zero-order chi connectivity index (χ0) is 18.9. The van der Waals surface area contributed by atoms with E-state index in [-0.39, 0.29) is 5.91 Å². The molecule has 1 amide bonds. The van der Waals surface area contributed by atoms with Gasteiger partial charge >= 0.3 is 0 Å². The molecule has 0 atom stereocenters. The summed E-state index contributed by atoms with van der Waals surface area (Å²) in [6, 6.07) is 12.0. The average molecular weight is 408 g/mol. The number of para-hydroxylation sites is 1. The lowest BCUT2D eigenvalue weighted by Crippen LogP contribution is -2.36. The van der Waals surface area contributed by atoms with Crippen molar-refractivity contribution >= 4 is 40.0 Å². The number of carbonyl (C=O) groups is 1. The monoisotopic (exact) mass is 407 g/mol. The minimum absolute atomic E-state index is 0.143. The van der Waals surface area contributed by atoms with Gasteiger partial charge in [0.1, 0.15) is 11.4 Å². The van der Waals surface area contributed by atoms with E-state index < -0.39 is 0 Å². The molecule has 6 nitrogen and oxygen atoms in total. The first-order valence-corrected chi connectivity index (χ1v) is 10.9. The van der Waals surface area contributed by atoms with Crippen LogP contribution in [0.15, 0.2) is 59.3 Å². The number of thioether (sulfide) groups is 1. The first-order chi connectivity index (χ1) is 13.8. The predicted molar refractivity (Wildman–Crippen MR) is 111 cm³/mol. The molecule has 0 radical (unpaired) electrons. The van der Waals surface area contributed by atoms with Crippen molar-refractivity contribution in [2.45, 2.75) is 18.0 Å². The fourth-order valence-corrected chi connectivity index (χ4v) is 5.13. The topological polar surface area (TPSA) is 63.9 Å². The van der Waals surface area contributed by atoms with Crippen molar-refractivity contribution in [2.75, 3.05) is 12.3 Å². The third-order valence-electron chi connectivity index (χ3n) is 4.82. The second-order valence-electron chi connectivity index (χ2n) is 6.53. The van der Waals surface area contributed by atoms with E-state index in [9.17, 15) is 4.79 Å². The second-order valence-corrected chi connectivity index (χ2v) is 8.50. The summed E-state index contributed by atoms with van der Waals surface area (Å²) in [7, 11) is 0. The van der Waals surface area contributed by atoms with Gasteiger partial charge in [-0.1, -0.05) is 30.0 Å².